The third-order valence-electron chi connectivity index (χ3n) is 4.52. The van der Waals surface area contributed by atoms with Crippen LogP contribution in [-0.4, -0.2) is 13.0 Å². The van der Waals surface area contributed by atoms with Gasteiger partial charge in [-0.2, -0.15) is 0 Å². The molecule has 0 fully saturated rings. The average molecular weight is 370 g/mol. The van der Waals surface area contributed by atoms with Gasteiger partial charge in [0, 0.05) is 0 Å². The van der Waals surface area contributed by atoms with E-state index in [2.05, 4.69) is 6.92 Å². The monoisotopic (exact) mass is 370 g/mol. The standard InChI is InChI=1S/C20H28O3S.Na/c1-2-3-4-5-6-7-8-10-13-17-16-20(24(21,22)23)19-15-12-9-11-14-18(17)19;/h9,11-12,14-16H,2-8,10,13H2,1H3,(H,21,22,23);/q;+1/p-1. The number of aryl methyl sites for hydroxylation is 1. The van der Waals surface area contributed by atoms with Gasteiger partial charge in [-0.3, -0.25) is 0 Å². The Morgan fingerprint density at radius 1 is 0.840 bits per heavy atom. The first-order valence-electron chi connectivity index (χ1n) is 9.00. The summed E-state index contributed by atoms with van der Waals surface area (Å²) in [5, 5.41) is 0. The van der Waals surface area contributed by atoms with Crippen LogP contribution in [0.3, 0.4) is 0 Å². The third kappa shape index (κ3) is 7.03. The second kappa shape index (κ2) is 11.3. The maximum Gasteiger partial charge on any atom is 1.00 e. The average Bonchev–Trinajstić information content (AvgIpc) is 2.72. The molecule has 2 rings (SSSR count). The molecule has 0 bridgehead atoms. The normalized spacial score (nSPS) is 11.4. The second-order valence-corrected chi connectivity index (χ2v) is 7.80. The van der Waals surface area contributed by atoms with Gasteiger partial charge in [-0.25, -0.2) is 8.42 Å². The Morgan fingerprint density at radius 3 is 2.00 bits per heavy atom. The van der Waals surface area contributed by atoms with Crippen LogP contribution in [0.1, 0.15) is 63.9 Å². The molecule has 0 radical (unpaired) electrons. The Kier molecular flexibility index (Phi) is 10.3. The van der Waals surface area contributed by atoms with Crippen molar-refractivity contribution >= 4 is 10.1 Å². The van der Waals surface area contributed by atoms with Gasteiger partial charge in [-0.15, -0.1) is 0 Å². The van der Waals surface area contributed by atoms with E-state index in [1.807, 2.05) is 18.2 Å². The molecule has 2 aliphatic carbocycles. The Hall–Kier alpha value is -0.390. The molecule has 0 saturated heterocycles. The molecular weight excluding hydrogens is 343 g/mol. The largest absolute Gasteiger partial charge is 1.00 e. The SMILES string of the molecule is CCCCCCCCCCc1cc(S(=O)(=O)[O-])c2cccccc1-2.[Na+]. The predicted molar refractivity (Wildman–Crippen MR) is 97.3 cm³/mol. The van der Waals surface area contributed by atoms with E-state index < -0.39 is 10.1 Å². The summed E-state index contributed by atoms with van der Waals surface area (Å²) in [5.41, 5.74) is 2.41. The fourth-order valence-corrected chi connectivity index (χ4v) is 3.95. The first kappa shape index (κ1) is 22.7. The summed E-state index contributed by atoms with van der Waals surface area (Å²) in [6, 6.07) is 10.7. The van der Waals surface area contributed by atoms with Crippen molar-refractivity contribution in [1.82, 2.24) is 0 Å². The van der Waals surface area contributed by atoms with E-state index in [0.717, 1.165) is 30.4 Å². The summed E-state index contributed by atoms with van der Waals surface area (Å²) in [6.07, 6.45) is 10.7. The maximum absolute atomic E-state index is 11.5. The van der Waals surface area contributed by atoms with Crippen LogP contribution in [0.2, 0.25) is 0 Å². The summed E-state index contributed by atoms with van der Waals surface area (Å²) >= 11 is 0. The van der Waals surface area contributed by atoms with Gasteiger partial charge in [0.05, 0.1) is 4.90 Å². The van der Waals surface area contributed by atoms with E-state index >= 15 is 0 Å². The van der Waals surface area contributed by atoms with E-state index in [0.29, 0.717) is 5.56 Å². The van der Waals surface area contributed by atoms with Gasteiger partial charge in [0.25, 0.3) is 0 Å². The van der Waals surface area contributed by atoms with Gasteiger partial charge >= 0.3 is 29.6 Å². The Bertz CT molecular complexity index is 713. The topological polar surface area (TPSA) is 57.2 Å². The molecule has 132 valence electrons. The fourth-order valence-electron chi connectivity index (χ4n) is 3.22. The van der Waals surface area contributed by atoms with Crippen LogP contribution >= 0.6 is 0 Å². The fraction of sp³-hybridized carbons (Fsp3) is 0.500. The minimum Gasteiger partial charge on any atom is -0.744 e. The summed E-state index contributed by atoms with van der Waals surface area (Å²) in [6.45, 7) is 2.22. The van der Waals surface area contributed by atoms with Crippen LogP contribution in [0.4, 0.5) is 0 Å². The molecule has 0 unspecified atom stereocenters. The number of unbranched alkanes of at least 4 members (excludes halogenated alkanes) is 7. The van der Waals surface area contributed by atoms with Gasteiger partial charge in [0.2, 0.25) is 0 Å². The van der Waals surface area contributed by atoms with Crippen LogP contribution in [0.25, 0.3) is 11.1 Å². The molecule has 0 aliphatic heterocycles. The third-order valence-corrected chi connectivity index (χ3v) is 5.40. The van der Waals surface area contributed by atoms with Crippen molar-refractivity contribution in [1.29, 1.82) is 0 Å². The van der Waals surface area contributed by atoms with Gasteiger partial charge < -0.3 is 4.55 Å². The van der Waals surface area contributed by atoms with Crippen LogP contribution < -0.4 is 29.6 Å². The number of fused-ring (bicyclic) bond motifs is 1. The molecule has 0 saturated carbocycles. The molecule has 0 atom stereocenters. The van der Waals surface area contributed by atoms with Gasteiger partial charge in [-0.05, 0) is 35.6 Å². The second-order valence-electron chi connectivity index (χ2n) is 6.45. The van der Waals surface area contributed by atoms with Gasteiger partial charge in [0.15, 0.2) is 0 Å². The molecule has 0 aromatic heterocycles. The molecule has 0 aromatic rings. The zero-order chi connectivity index (χ0) is 17.4. The van der Waals surface area contributed by atoms with Gasteiger partial charge in [0.1, 0.15) is 10.1 Å². The molecule has 0 aromatic carbocycles. The van der Waals surface area contributed by atoms with Crippen molar-refractivity contribution < 1.29 is 42.5 Å². The van der Waals surface area contributed by atoms with Crippen LogP contribution in [0.15, 0.2) is 41.3 Å². The minimum atomic E-state index is -4.44. The molecule has 0 heterocycles. The first-order chi connectivity index (χ1) is 11.5. The summed E-state index contributed by atoms with van der Waals surface area (Å²) in [7, 11) is -4.44. The molecule has 5 heteroatoms. The van der Waals surface area contributed by atoms with Crippen LogP contribution in [-0.2, 0) is 16.5 Å². The zero-order valence-corrected chi connectivity index (χ0v) is 18.3. The van der Waals surface area contributed by atoms with E-state index in [1.165, 1.54) is 38.5 Å². The van der Waals surface area contributed by atoms with E-state index in [-0.39, 0.29) is 34.5 Å². The smallest absolute Gasteiger partial charge is 0.744 e. The summed E-state index contributed by atoms with van der Waals surface area (Å²) in [5.74, 6) is 0. The van der Waals surface area contributed by atoms with E-state index in [4.69, 9.17) is 0 Å². The van der Waals surface area contributed by atoms with Crippen molar-refractivity contribution in [2.45, 2.75) is 69.6 Å². The van der Waals surface area contributed by atoms with Crippen molar-refractivity contribution in [3.8, 4) is 11.1 Å². The van der Waals surface area contributed by atoms with E-state index in [9.17, 15) is 13.0 Å². The summed E-state index contributed by atoms with van der Waals surface area (Å²) < 4.78 is 34.5. The van der Waals surface area contributed by atoms with Gasteiger partial charge in [-0.1, -0.05) is 82.2 Å². The Morgan fingerprint density at radius 2 is 1.40 bits per heavy atom. The zero-order valence-electron chi connectivity index (χ0n) is 15.5. The molecule has 0 N–H and O–H groups in total. The molecule has 0 amide bonds. The summed E-state index contributed by atoms with van der Waals surface area (Å²) in [4.78, 5) is -0.0803. The van der Waals surface area contributed by atoms with Crippen molar-refractivity contribution in [2.24, 2.45) is 0 Å². The number of rotatable bonds is 10. The molecule has 3 nitrogen and oxygen atoms in total. The maximum atomic E-state index is 11.5. The van der Waals surface area contributed by atoms with E-state index in [1.54, 1.807) is 18.2 Å². The Balaban J connectivity index is 0.00000312. The quantitative estimate of drug-likeness (QED) is 0.367. The van der Waals surface area contributed by atoms with Crippen LogP contribution in [0.5, 0.6) is 0 Å². The number of hydrogen-bond donors (Lipinski definition) is 0. The van der Waals surface area contributed by atoms with Crippen molar-refractivity contribution in [3.63, 3.8) is 0 Å². The number of hydrogen-bond acceptors (Lipinski definition) is 3. The predicted octanol–water partition coefficient (Wildman–Crippen LogP) is 2.38. The van der Waals surface area contributed by atoms with Crippen molar-refractivity contribution in [2.75, 3.05) is 0 Å². The first-order valence-corrected chi connectivity index (χ1v) is 10.4. The molecule has 25 heavy (non-hydrogen) atoms. The molecular formula is C20H27NaO3S. The Labute approximate surface area is 174 Å². The molecule has 0 spiro atoms. The van der Waals surface area contributed by atoms with Crippen molar-refractivity contribution in [3.05, 3.63) is 42.0 Å². The minimum absolute atomic E-state index is 0. The van der Waals surface area contributed by atoms with Crippen LogP contribution in [0, 0.1) is 0 Å². The molecule has 2 aliphatic rings.